The van der Waals surface area contributed by atoms with Crippen LogP contribution in [0.1, 0.15) is 34.8 Å². The van der Waals surface area contributed by atoms with Gasteiger partial charge < -0.3 is 10.6 Å². The molecule has 0 spiro atoms. The lowest BCUT2D eigenvalue weighted by molar-refractivity contribution is -0.115. The van der Waals surface area contributed by atoms with Gasteiger partial charge in [0.25, 0.3) is 5.91 Å². The molecule has 0 unspecified atom stereocenters. The van der Waals surface area contributed by atoms with Crippen molar-refractivity contribution in [1.29, 1.82) is 0 Å². The summed E-state index contributed by atoms with van der Waals surface area (Å²) in [6.45, 7) is 2.02. The maximum absolute atomic E-state index is 12.6. The molecule has 2 amide bonds. The first-order valence-corrected chi connectivity index (χ1v) is 11.3. The van der Waals surface area contributed by atoms with Crippen molar-refractivity contribution in [2.75, 3.05) is 5.32 Å². The highest BCUT2D eigenvalue weighted by atomic mass is 16.2. The van der Waals surface area contributed by atoms with E-state index in [1.807, 2.05) is 67.6 Å². The number of hydrogen-bond donors (Lipinski definition) is 2. The molecule has 0 aliphatic carbocycles. The lowest BCUT2D eigenvalue weighted by atomic mass is 10.0. The Balaban J connectivity index is 1.30. The SMILES string of the molecule is C[C@H](CCc1ccccc1)NC(=O)c1ccc(NC(=O)Cc2cccc3ccccc23)cc1. The van der Waals surface area contributed by atoms with Gasteiger partial charge in [0.15, 0.2) is 0 Å². The summed E-state index contributed by atoms with van der Waals surface area (Å²) in [5.74, 6) is -0.192. The van der Waals surface area contributed by atoms with Crippen LogP contribution in [0.3, 0.4) is 0 Å². The Morgan fingerprint density at radius 1 is 0.788 bits per heavy atom. The van der Waals surface area contributed by atoms with Crippen LogP contribution in [0.15, 0.2) is 97.1 Å². The smallest absolute Gasteiger partial charge is 0.251 e. The standard InChI is InChI=1S/C29H28N2O2/c1-21(14-15-22-8-3-2-4-9-22)30-29(33)24-16-18-26(19-17-24)31-28(32)20-25-12-7-11-23-10-5-6-13-27(23)25/h2-13,16-19,21H,14-15,20H2,1H3,(H,30,33)(H,31,32)/t21-/m1/s1. The van der Waals surface area contributed by atoms with Gasteiger partial charge in [0.1, 0.15) is 0 Å². The summed E-state index contributed by atoms with van der Waals surface area (Å²) in [4.78, 5) is 25.2. The highest BCUT2D eigenvalue weighted by Gasteiger charge is 2.11. The third-order valence-electron chi connectivity index (χ3n) is 5.75. The fourth-order valence-corrected chi connectivity index (χ4v) is 3.94. The van der Waals surface area contributed by atoms with Crippen molar-refractivity contribution in [2.24, 2.45) is 0 Å². The Kier molecular flexibility index (Phi) is 7.16. The van der Waals surface area contributed by atoms with Crippen molar-refractivity contribution in [3.8, 4) is 0 Å². The molecule has 1 atom stereocenters. The van der Waals surface area contributed by atoms with Crippen LogP contribution in [-0.2, 0) is 17.6 Å². The molecule has 0 saturated carbocycles. The van der Waals surface area contributed by atoms with Crippen LogP contribution in [0.4, 0.5) is 5.69 Å². The van der Waals surface area contributed by atoms with Crippen molar-refractivity contribution in [2.45, 2.75) is 32.2 Å². The monoisotopic (exact) mass is 436 g/mol. The Hall–Kier alpha value is -3.92. The fourth-order valence-electron chi connectivity index (χ4n) is 3.94. The Morgan fingerprint density at radius 2 is 1.48 bits per heavy atom. The van der Waals surface area contributed by atoms with Crippen molar-refractivity contribution in [1.82, 2.24) is 5.32 Å². The van der Waals surface area contributed by atoms with Gasteiger partial charge in [-0.15, -0.1) is 0 Å². The number of carbonyl (C=O) groups is 2. The van der Waals surface area contributed by atoms with Crippen LogP contribution in [0.5, 0.6) is 0 Å². The van der Waals surface area contributed by atoms with Crippen molar-refractivity contribution in [3.63, 3.8) is 0 Å². The number of nitrogens with one attached hydrogen (secondary N) is 2. The molecule has 4 aromatic rings. The minimum absolute atomic E-state index is 0.0674. The molecule has 0 heterocycles. The average Bonchev–Trinajstić information content (AvgIpc) is 2.84. The zero-order valence-corrected chi connectivity index (χ0v) is 18.8. The Morgan fingerprint density at radius 3 is 2.27 bits per heavy atom. The van der Waals surface area contributed by atoms with Crippen molar-refractivity contribution < 1.29 is 9.59 Å². The minimum atomic E-state index is -0.107. The molecule has 0 aliphatic heterocycles. The number of benzene rings is 4. The van der Waals surface area contributed by atoms with Gasteiger partial charge in [0, 0.05) is 17.3 Å². The zero-order chi connectivity index (χ0) is 23.0. The van der Waals surface area contributed by atoms with E-state index in [1.54, 1.807) is 24.3 Å². The quantitative estimate of drug-likeness (QED) is 0.368. The second-order valence-corrected chi connectivity index (χ2v) is 8.34. The van der Waals surface area contributed by atoms with E-state index < -0.39 is 0 Å². The third kappa shape index (κ3) is 6.07. The first kappa shape index (κ1) is 22.3. The maximum Gasteiger partial charge on any atom is 0.251 e. The van der Waals surface area contributed by atoms with E-state index in [-0.39, 0.29) is 17.9 Å². The predicted octanol–water partition coefficient (Wildman–Crippen LogP) is 5.77. The van der Waals surface area contributed by atoms with Gasteiger partial charge in [-0.25, -0.2) is 0 Å². The summed E-state index contributed by atoms with van der Waals surface area (Å²) in [6.07, 6.45) is 2.09. The predicted molar refractivity (Wildman–Crippen MR) is 134 cm³/mol. The molecule has 0 radical (unpaired) electrons. The largest absolute Gasteiger partial charge is 0.350 e. The molecular weight excluding hydrogens is 408 g/mol. The Bertz CT molecular complexity index is 1230. The molecule has 2 N–H and O–H groups in total. The molecule has 0 aliphatic rings. The van der Waals surface area contributed by atoms with Gasteiger partial charge in [0.2, 0.25) is 5.91 Å². The van der Waals surface area contributed by atoms with Crippen LogP contribution in [-0.4, -0.2) is 17.9 Å². The first-order valence-electron chi connectivity index (χ1n) is 11.3. The van der Waals surface area contributed by atoms with Gasteiger partial charge in [-0.3, -0.25) is 9.59 Å². The van der Waals surface area contributed by atoms with Crippen LogP contribution < -0.4 is 10.6 Å². The lowest BCUT2D eigenvalue weighted by Gasteiger charge is -2.14. The molecule has 0 bridgehead atoms. The summed E-state index contributed by atoms with van der Waals surface area (Å²) in [6, 6.07) is 31.4. The molecule has 0 aromatic heterocycles. The second kappa shape index (κ2) is 10.6. The number of hydrogen-bond acceptors (Lipinski definition) is 2. The van der Waals surface area contributed by atoms with Crippen LogP contribution in [0, 0.1) is 0 Å². The molecule has 0 fully saturated rings. The summed E-state index contributed by atoms with van der Waals surface area (Å²) < 4.78 is 0. The number of carbonyl (C=O) groups excluding carboxylic acids is 2. The second-order valence-electron chi connectivity index (χ2n) is 8.34. The average molecular weight is 437 g/mol. The van der Waals surface area contributed by atoms with Gasteiger partial charge in [-0.1, -0.05) is 72.8 Å². The highest BCUT2D eigenvalue weighted by Crippen LogP contribution is 2.19. The fraction of sp³-hybridized carbons (Fsp3) is 0.172. The lowest BCUT2D eigenvalue weighted by Crippen LogP contribution is -2.32. The normalized spacial score (nSPS) is 11.7. The van der Waals surface area contributed by atoms with Gasteiger partial charge >= 0.3 is 0 Å². The number of amides is 2. The summed E-state index contributed by atoms with van der Waals surface area (Å²) >= 11 is 0. The van der Waals surface area contributed by atoms with E-state index >= 15 is 0 Å². The van der Waals surface area contributed by atoms with Gasteiger partial charge in [-0.2, -0.15) is 0 Å². The van der Waals surface area contributed by atoms with Crippen LogP contribution in [0.2, 0.25) is 0 Å². The molecule has 4 rings (SSSR count). The molecule has 4 nitrogen and oxygen atoms in total. The van der Waals surface area contributed by atoms with E-state index in [4.69, 9.17) is 0 Å². The van der Waals surface area contributed by atoms with E-state index in [2.05, 4.69) is 22.8 Å². The minimum Gasteiger partial charge on any atom is -0.350 e. The summed E-state index contributed by atoms with van der Waals surface area (Å²) in [7, 11) is 0. The molecule has 4 heteroatoms. The topological polar surface area (TPSA) is 58.2 Å². The number of anilines is 1. The summed E-state index contributed by atoms with van der Waals surface area (Å²) in [5, 5.41) is 8.19. The van der Waals surface area contributed by atoms with Gasteiger partial charge in [0.05, 0.1) is 6.42 Å². The first-order chi connectivity index (χ1) is 16.1. The van der Waals surface area contributed by atoms with Crippen LogP contribution in [0.25, 0.3) is 10.8 Å². The molecule has 166 valence electrons. The van der Waals surface area contributed by atoms with E-state index in [9.17, 15) is 9.59 Å². The molecule has 4 aromatic carbocycles. The van der Waals surface area contributed by atoms with Gasteiger partial charge in [-0.05, 0) is 65.9 Å². The van der Waals surface area contributed by atoms with Crippen molar-refractivity contribution in [3.05, 3.63) is 114 Å². The highest BCUT2D eigenvalue weighted by molar-refractivity contribution is 5.97. The van der Waals surface area contributed by atoms with Crippen LogP contribution >= 0.6 is 0 Å². The van der Waals surface area contributed by atoms with Crippen molar-refractivity contribution >= 4 is 28.3 Å². The number of rotatable bonds is 8. The molecule has 0 saturated heterocycles. The number of aryl methyl sites for hydroxylation is 1. The Labute approximate surface area is 194 Å². The molecular formula is C29H28N2O2. The van der Waals surface area contributed by atoms with E-state index in [0.29, 0.717) is 17.7 Å². The van der Waals surface area contributed by atoms with E-state index in [1.165, 1.54) is 5.56 Å². The third-order valence-corrected chi connectivity index (χ3v) is 5.75. The zero-order valence-electron chi connectivity index (χ0n) is 18.8. The number of fused-ring (bicyclic) bond motifs is 1. The van der Waals surface area contributed by atoms with E-state index in [0.717, 1.165) is 29.2 Å². The summed E-state index contributed by atoms with van der Waals surface area (Å²) in [5.41, 5.74) is 3.51. The maximum atomic E-state index is 12.6. The molecule has 33 heavy (non-hydrogen) atoms.